The third-order valence-corrected chi connectivity index (χ3v) is 3.07. The van der Waals surface area contributed by atoms with Crippen molar-refractivity contribution in [3.63, 3.8) is 0 Å². The van der Waals surface area contributed by atoms with Crippen molar-refractivity contribution in [3.05, 3.63) is 59.2 Å². The number of aryl methyl sites for hydroxylation is 1. The summed E-state index contributed by atoms with van der Waals surface area (Å²) in [5, 5.41) is 0. The predicted octanol–water partition coefficient (Wildman–Crippen LogP) is 4.06. The summed E-state index contributed by atoms with van der Waals surface area (Å²) in [7, 11) is 0. The van der Waals surface area contributed by atoms with Gasteiger partial charge in [0.2, 0.25) is 0 Å². The van der Waals surface area contributed by atoms with Crippen LogP contribution in [0.1, 0.15) is 35.7 Å². The number of hydrogen-bond donors (Lipinski definition) is 0. The molecule has 1 aromatic heterocycles. The van der Waals surface area contributed by atoms with Crippen LogP contribution < -0.4 is 4.74 Å². The Morgan fingerprint density at radius 1 is 1.14 bits per heavy atom. The first-order valence-corrected chi connectivity index (χ1v) is 6.84. The SMILES string of the molecule is CCCCc1ccc(C(=O)Oc2cc(F)c(F)nc2F)cc1. The van der Waals surface area contributed by atoms with E-state index in [9.17, 15) is 18.0 Å². The largest absolute Gasteiger partial charge is 0.418 e. The number of aromatic nitrogens is 1. The Bertz CT molecular complexity index is 672. The second-order valence-electron chi connectivity index (χ2n) is 4.74. The molecule has 0 aliphatic rings. The van der Waals surface area contributed by atoms with Gasteiger partial charge in [0, 0.05) is 6.07 Å². The number of rotatable bonds is 5. The quantitative estimate of drug-likeness (QED) is 0.617. The van der Waals surface area contributed by atoms with Crippen LogP contribution in [-0.4, -0.2) is 11.0 Å². The molecule has 0 unspecified atom stereocenters. The van der Waals surface area contributed by atoms with Gasteiger partial charge in [-0.05, 0) is 30.5 Å². The maximum atomic E-state index is 13.3. The molecule has 0 aliphatic heterocycles. The molecule has 0 amide bonds. The minimum atomic E-state index is -1.59. The lowest BCUT2D eigenvalue weighted by Gasteiger charge is -2.06. The number of hydrogen-bond acceptors (Lipinski definition) is 3. The van der Waals surface area contributed by atoms with Crippen molar-refractivity contribution in [1.82, 2.24) is 4.98 Å². The van der Waals surface area contributed by atoms with E-state index >= 15 is 0 Å². The lowest BCUT2D eigenvalue weighted by Crippen LogP contribution is -2.11. The highest BCUT2D eigenvalue weighted by molar-refractivity contribution is 5.91. The molecule has 1 aromatic carbocycles. The minimum absolute atomic E-state index is 0.185. The Morgan fingerprint density at radius 3 is 2.45 bits per heavy atom. The molecule has 6 heteroatoms. The maximum absolute atomic E-state index is 13.3. The van der Waals surface area contributed by atoms with Crippen LogP contribution >= 0.6 is 0 Å². The van der Waals surface area contributed by atoms with Crippen LogP contribution in [0.15, 0.2) is 30.3 Å². The predicted molar refractivity (Wildman–Crippen MR) is 74.1 cm³/mol. The Morgan fingerprint density at radius 2 is 1.82 bits per heavy atom. The van der Waals surface area contributed by atoms with E-state index in [0.717, 1.165) is 24.8 Å². The van der Waals surface area contributed by atoms with Crippen molar-refractivity contribution < 1.29 is 22.7 Å². The van der Waals surface area contributed by atoms with E-state index in [2.05, 4.69) is 11.9 Å². The summed E-state index contributed by atoms with van der Waals surface area (Å²) < 4.78 is 43.7. The van der Waals surface area contributed by atoms with Crippen LogP contribution in [0.25, 0.3) is 0 Å². The van der Waals surface area contributed by atoms with E-state index in [1.54, 1.807) is 24.3 Å². The van der Waals surface area contributed by atoms with E-state index in [4.69, 9.17) is 4.74 Å². The van der Waals surface area contributed by atoms with Gasteiger partial charge >= 0.3 is 5.97 Å². The standard InChI is InChI=1S/C16H14F3NO2/c1-2-3-4-10-5-7-11(8-6-10)16(21)22-13-9-12(17)14(18)20-15(13)19/h5-9H,2-4H2,1H3. The first-order valence-electron chi connectivity index (χ1n) is 6.84. The third kappa shape index (κ3) is 3.84. The number of carbonyl (C=O) groups excluding carboxylic acids is 1. The number of benzene rings is 1. The van der Waals surface area contributed by atoms with Gasteiger partial charge in [-0.2, -0.15) is 13.8 Å². The maximum Gasteiger partial charge on any atom is 0.343 e. The van der Waals surface area contributed by atoms with Gasteiger partial charge in [-0.3, -0.25) is 0 Å². The first-order chi connectivity index (χ1) is 10.5. The molecule has 0 saturated heterocycles. The molecule has 0 saturated carbocycles. The van der Waals surface area contributed by atoms with Gasteiger partial charge in [-0.25, -0.2) is 9.18 Å². The molecular weight excluding hydrogens is 295 g/mol. The second kappa shape index (κ2) is 7.06. The van der Waals surface area contributed by atoms with Crippen molar-refractivity contribution >= 4 is 5.97 Å². The fourth-order valence-corrected chi connectivity index (χ4v) is 1.85. The lowest BCUT2D eigenvalue weighted by molar-refractivity contribution is 0.0724. The molecule has 0 N–H and O–H groups in total. The zero-order valence-corrected chi connectivity index (χ0v) is 11.9. The average molecular weight is 309 g/mol. The average Bonchev–Trinajstić information content (AvgIpc) is 2.51. The second-order valence-corrected chi connectivity index (χ2v) is 4.74. The van der Waals surface area contributed by atoms with Gasteiger partial charge in [-0.15, -0.1) is 0 Å². The molecule has 2 rings (SSSR count). The number of carbonyl (C=O) groups is 1. The van der Waals surface area contributed by atoms with Crippen molar-refractivity contribution in [2.45, 2.75) is 26.2 Å². The molecule has 0 bridgehead atoms. The van der Waals surface area contributed by atoms with Gasteiger partial charge in [-0.1, -0.05) is 25.5 Å². The molecule has 22 heavy (non-hydrogen) atoms. The summed E-state index contributed by atoms with van der Waals surface area (Å²) in [4.78, 5) is 14.5. The van der Waals surface area contributed by atoms with Gasteiger partial charge in [0.1, 0.15) is 0 Å². The Labute approximate surface area is 125 Å². The van der Waals surface area contributed by atoms with Gasteiger partial charge < -0.3 is 4.74 Å². The summed E-state index contributed by atoms with van der Waals surface area (Å²) in [6.45, 7) is 2.08. The van der Waals surface area contributed by atoms with Crippen LogP contribution in [0.5, 0.6) is 5.75 Å². The first kappa shape index (κ1) is 16.0. The highest BCUT2D eigenvalue weighted by Crippen LogP contribution is 2.19. The summed E-state index contributed by atoms with van der Waals surface area (Å²) in [5.41, 5.74) is 1.25. The topological polar surface area (TPSA) is 39.2 Å². The minimum Gasteiger partial charge on any atom is -0.418 e. The molecule has 0 spiro atoms. The molecular formula is C16H14F3NO2. The van der Waals surface area contributed by atoms with Crippen molar-refractivity contribution in [3.8, 4) is 5.75 Å². The molecule has 2 aromatic rings. The molecule has 3 nitrogen and oxygen atoms in total. The van der Waals surface area contributed by atoms with Gasteiger partial charge in [0.25, 0.3) is 11.9 Å². The van der Waals surface area contributed by atoms with Crippen molar-refractivity contribution in [2.24, 2.45) is 0 Å². The summed E-state index contributed by atoms with van der Waals surface area (Å²) >= 11 is 0. The highest BCUT2D eigenvalue weighted by atomic mass is 19.2. The fourth-order valence-electron chi connectivity index (χ4n) is 1.85. The molecule has 0 aliphatic carbocycles. The Balaban J connectivity index is 2.10. The number of ether oxygens (including phenoxy) is 1. The number of pyridine rings is 1. The van der Waals surface area contributed by atoms with Crippen LogP contribution in [0.2, 0.25) is 0 Å². The number of esters is 1. The molecule has 0 fully saturated rings. The molecule has 1 heterocycles. The zero-order chi connectivity index (χ0) is 16.1. The number of halogens is 3. The zero-order valence-electron chi connectivity index (χ0n) is 11.9. The van der Waals surface area contributed by atoms with Gasteiger partial charge in [0.05, 0.1) is 5.56 Å². The van der Waals surface area contributed by atoms with E-state index in [1.807, 2.05) is 0 Å². The van der Waals surface area contributed by atoms with Crippen LogP contribution in [0.4, 0.5) is 13.2 Å². The Hall–Kier alpha value is -2.37. The molecule has 0 atom stereocenters. The molecule has 0 radical (unpaired) electrons. The van der Waals surface area contributed by atoms with E-state index in [-0.39, 0.29) is 5.56 Å². The monoisotopic (exact) mass is 309 g/mol. The van der Waals surface area contributed by atoms with Crippen LogP contribution in [-0.2, 0) is 6.42 Å². The van der Waals surface area contributed by atoms with Crippen molar-refractivity contribution in [1.29, 1.82) is 0 Å². The smallest absolute Gasteiger partial charge is 0.343 e. The molecule has 116 valence electrons. The van der Waals surface area contributed by atoms with E-state index in [1.165, 1.54) is 0 Å². The fraction of sp³-hybridized carbons (Fsp3) is 0.250. The summed E-state index contributed by atoms with van der Waals surface area (Å²) in [5.74, 6) is -5.98. The number of unbranched alkanes of at least 4 members (excludes halogenated alkanes) is 1. The highest BCUT2D eigenvalue weighted by Gasteiger charge is 2.17. The van der Waals surface area contributed by atoms with Crippen LogP contribution in [0, 0.1) is 17.7 Å². The van der Waals surface area contributed by atoms with E-state index in [0.29, 0.717) is 6.07 Å². The van der Waals surface area contributed by atoms with Gasteiger partial charge in [0.15, 0.2) is 11.6 Å². The normalized spacial score (nSPS) is 10.5. The lowest BCUT2D eigenvalue weighted by atomic mass is 10.1. The summed E-state index contributed by atoms with van der Waals surface area (Å²) in [6.07, 6.45) is 3.00. The summed E-state index contributed by atoms with van der Waals surface area (Å²) in [6, 6.07) is 7.07. The Kier molecular flexibility index (Phi) is 5.14. The third-order valence-electron chi connectivity index (χ3n) is 3.07. The van der Waals surface area contributed by atoms with E-state index < -0.39 is 29.4 Å². The van der Waals surface area contributed by atoms with Crippen molar-refractivity contribution in [2.75, 3.05) is 0 Å². The number of nitrogens with zero attached hydrogens (tertiary/aromatic N) is 1. The van der Waals surface area contributed by atoms with Crippen LogP contribution in [0.3, 0.4) is 0 Å².